The Balaban J connectivity index is 0.00000242. The summed E-state index contributed by atoms with van der Waals surface area (Å²) in [6.45, 7) is 4.00. The van der Waals surface area contributed by atoms with Crippen LogP contribution in [0.5, 0.6) is 0 Å². The standard InChI is InChI=1S/C16H14F9NO3.C2H6.CH4O/c1-28-11(16(23,24)25)5-10-6-12(27)29-13(26-10)7-2-8(14(17,18)19)4-9(3-7)15(20,21)22;2*1-2/h2-4,10-12,27H,5-6H2,1H3;1-2H3;2H,1H3. The van der Waals surface area contributed by atoms with Gasteiger partial charge >= 0.3 is 18.5 Å². The lowest BCUT2D eigenvalue weighted by atomic mass is 10.0. The second kappa shape index (κ2) is 12.4. The zero-order valence-electron chi connectivity index (χ0n) is 17.9. The SMILES string of the molecule is CC.CO.COC(CC1CC(O)OC(c2cc(C(F)(F)F)cc(C(F)(F)F)c2)=N1)C(F)(F)F. The first kappa shape index (κ1) is 30.9. The fourth-order valence-corrected chi connectivity index (χ4v) is 2.64. The van der Waals surface area contributed by atoms with Gasteiger partial charge in [0.1, 0.15) is 0 Å². The maximum absolute atomic E-state index is 13.0. The van der Waals surface area contributed by atoms with Crippen LogP contribution in [0.2, 0.25) is 0 Å². The van der Waals surface area contributed by atoms with Crippen LogP contribution >= 0.6 is 0 Å². The summed E-state index contributed by atoms with van der Waals surface area (Å²) in [5, 5.41) is 16.7. The molecule has 1 aromatic carbocycles. The van der Waals surface area contributed by atoms with Crippen molar-refractivity contribution in [3.05, 3.63) is 34.9 Å². The van der Waals surface area contributed by atoms with E-state index in [-0.39, 0.29) is 6.07 Å². The minimum atomic E-state index is -5.14. The second-order valence-electron chi connectivity index (χ2n) is 6.19. The number of benzene rings is 1. The Labute approximate surface area is 183 Å². The van der Waals surface area contributed by atoms with Crippen LogP contribution in [-0.2, 0) is 21.8 Å². The third-order valence-electron chi connectivity index (χ3n) is 3.99. The highest BCUT2D eigenvalue weighted by molar-refractivity contribution is 5.95. The van der Waals surface area contributed by atoms with Crippen molar-refractivity contribution in [2.45, 2.75) is 63.7 Å². The fraction of sp³-hybridized carbons (Fsp3) is 0.632. The first-order valence-corrected chi connectivity index (χ1v) is 9.38. The highest BCUT2D eigenvalue weighted by Crippen LogP contribution is 2.37. The highest BCUT2D eigenvalue weighted by Gasteiger charge is 2.43. The molecule has 3 unspecified atom stereocenters. The summed E-state index contributed by atoms with van der Waals surface area (Å²) in [4.78, 5) is 3.67. The van der Waals surface area contributed by atoms with Crippen molar-refractivity contribution in [1.29, 1.82) is 0 Å². The van der Waals surface area contributed by atoms with Crippen LogP contribution in [0.15, 0.2) is 23.2 Å². The summed E-state index contributed by atoms with van der Waals surface area (Å²) in [6, 6.07) is -0.823. The second-order valence-corrected chi connectivity index (χ2v) is 6.19. The van der Waals surface area contributed by atoms with E-state index in [1.807, 2.05) is 13.8 Å². The lowest BCUT2D eigenvalue weighted by Crippen LogP contribution is -2.38. The molecule has 5 nitrogen and oxygen atoms in total. The Morgan fingerprint density at radius 1 is 0.970 bits per heavy atom. The zero-order chi connectivity index (χ0) is 26.2. The fourth-order valence-electron chi connectivity index (χ4n) is 2.64. The van der Waals surface area contributed by atoms with E-state index >= 15 is 0 Å². The number of nitrogens with zero attached hydrogens (tertiary/aromatic N) is 1. The minimum absolute atomic E-state index is 0.120. The minimum Gasteiger partial charge on any atom is -0.448 e. The topological polar surface area (TPSA) is 71.3 Å². The Bertz CT molecular complexity index is 729. The number of rotatable bonds is 4. The van der Waals surface area contributed by atoms with Gasteiger partial charge in [0.25, 0.3) is 0 Å². The largest absolute Gasteiger partial charge is 0.448 e. The van der Waals surface area contributed by atoms with Gasteiger partial charge in [-0.1, -0.05) is 13.8 Å². The summed E-state index contributed by atoms with van der Waals surface area (Å²) in [5.74, 6) is -0.831. The molecule has 0 saturated heterocycles. The lowest BCUT2D eigenvalue weighted by molar-refractivity contribution is -0.216. The number of aliphatic hydroxyl groups excluding tert-OH is 2. The van der Waals surface area contributed by atoms with E-state index in [1.165, 1.54) is 0 Å². The zero-order valence-corrected chi connectivity index (χ0v) is 17.9. The molecule has 0 bridgehead atoms. The molecule has 0 fully saturated rings. The molecular weight excluding hydrogens is 477 g/mol. The van der Waals surface area contributed by atoms with E-state index in [9.17, 15) is 44.6 Å². The van der Waals surface area contributed by atoms with Crippen LogP contribution in [0.1, 0.15) is 43.4 Å². The van der Waals surface area contributed by atoms with Crippen molar-refractivity contribution in [3.8, 4) is 0 Å². The van der Waals surface area contributed by atoms with Gasteiger partial charge < -0.3 is 19.7 Å². The van der Waals surface area contributed by atoms with Crippen molar-refractivity contribution in [2.75, 3.05) is 14.2 Å². The molecule has 0 saturated carbocycles. The van der Waals surface area contributed by atoms with Gasteiger partial charge in [0.05, 0.1) is 17.2 Å². The highest BCUT2D eigenvalue weighted by atomic mass is 19.4. The molecule has 2 rings (SSSR count). The van der Waals surface area contributed by atoms with Crippen LogP contribution in [0.3, 0.4) is 0 Å². The van der Waals surface area contributed by atoms with Crippen molar-refractivity contribution in [1.82, 2.24) is 0 Å². The van der Waals surface area contributed by atoms with Crippen LogP contribution in [-0.4, -0.2) is 54.9 Å². The van der Waals surface area contributed by atoms with Crippen LogP contribution in [0.25, 0.3) is 0 Å². The van der Waals surface area contributed by atoms with E-state index in [4.69, 9.17) is 9.84 Å². The molecular formula is C19H24F9NO4. The van der Waals surface area contributed by atoms with Crippen molar-refractivity contribution >= 4 is 5.90 Å². The van der Waals surface area contributed by atoms with Crippen molar-refractivity contribution in [2.24, 2.45) is 4.99 Å². The number of aliphatic imine (C=N–C) groups is 1. The van der Waals surface area contributed by atoms with Crippen LogP contribution in [0, 0.1) is 0 Å². The molecule has 1 aliphatic rings. The van der Waals surface area contributed by atoms with Gasteiger partial charge in [-0.05, 0) is 18.2 Å². The molecule has 0 amide bonds. The maximum Gasteiger partial charge on any atom is 0.416 e. The van der Waals surface area contributed by atoms with Gasteiger partial charge in [-0.3, -0.25) is 0 Å². The van der Waals surface area contributed by atoms with Gasteiger partial charge in [0, 0.05) is 32.6 Å². The lowest BCUT2D eigenvalue weighted by Gasteiger charge is -2.29. The monoisotopic (exact) mass is 501 g/mol. The first-order valence-electron chi connectivity index (χ1n) is 9.38. The third-order valence-corrected chi connectivity index (χ3v) is 3.99. The van der Waals surface area contributed by atoms with Crippen LogP contribution < -0.4 is 0 Å². The van der Waals surface area contributed by atoms with Crippen molar-refractivity contribution < 1.29 is 59.2 Å². The number of ether oxygens (including phenoxy) is 2. The molecule has 1 aromatic rings. The van der Waals surface area contributed by atoms with E-state index in [0.29, 0.717) is 12.1 Å². The summed E-state index contributed by atoms with van der Waals surface area (Å²) >= 11 is 0. The molecule has 0 spiro atoms. The van der Waals surface area contributed by atoms with Gasteiger partial charge in [-0.25, -0.2) is 4.99 Å². The average molecular weight is 501 g/mol. The summed E-state index contributed by atoms with van der Waals surface area (Å²) in [6.07, 6.45) is -20.4. The van der Waals surface area contributed by atoms with E-state index in [1.54, 1.807) is 0 Å². The number of hydrogen-bond donors (Lipinski definition) is 2. The van der Waals surface area contributed by atoms with Gasteiger partial charge in [0.15, 0.2) is 6.10 Å². The molecule has 1 aliphatic heterocycles. The molecule has 0 aliphatic carbocycles. The Morgan fingerprint density at radius 2 is 1.42 bits per heavy atom. The molecule has 14 heteroatoms. The summed E-state index contributed by atoms with van der Waals surface area (Å²) in [7, 11) is 1.78. The molecule has 192 valence electrons. The molecule has 0 aromatic heterocycles. The third kappa shape index (κ3) is 9.37. The van der Waals surface area contributed by atoms with Gasteiger partial charge in [-0.15, -0.1) is 0 Å². The smallest absolute Gasteiger partial charge is 0.416 e. The Kier molecular flexibility index (Phi) is 11.6. The van der Waals surface area contributed by atoms with Gasteiger partial charge in [-0.2, -0.15) is 39.5 Å². The average Bonchev–Trinajstić information content (AvgIpc) is 2.72. The summed E-state index contributed by atoms with van der Waals surface area (Å²) in [5.41, 5.74) is -4.09. The van der Waals surface area contributed by atoms with Gasteiger partial charge in [0.2, 0.25) is 12.2 Å². The maximum atomic E-state index is 13.0. The predicted octanol–water partition coefficient (Wildman–Crippen LogP) is 5.18. The van der Waals surface area contributed by atoms with E-state index in [2.05, 4.69) is 9.73 Å². The van der Waals surface area contributed by atoms with Crippen LogP contribution in [0.4, 0.5) is 39.5 Å². The Morgan fingerprint density at radius 3 is 1.79 bits per heavy atom. The first-order chi connectivity index (χ1) is 15.1. The molecule has 0 radical (unpaired) electrons. The molecule has 2 N–H and O–H groups in total. The Hall–Kier alpha value is -2.06. The molecule has 1 heterocycles. The number of halogens is 9. The van der Waals surface area contributed by atoms with E-state index < -0.39 is 72.4 Å². The number of hydrogen-bond acceptors (Lipinski definition) is 5. The quantitative estimate of drug-likeness (QED) is 0.558. The van der Waals surface area contributed by atoms with E-state index in [0.717, 1.165) is 14.2 Å². The molecule has 3 atom stereocenters. The number of aliphatic hydroxyl groups is 2. The molecule has 33 heavy (non-hydrogen) atoms. The number of alkyl halides is 9. The normalized spacial score (nSPS) is 19.8. The summed E-state index contributed by atoms with van der Waals surface area (Å²) < 4.78 is 125. The predicted molar refractivity (Wildman–Crippen MR) is 99.4 cm³/mol. The number of methoxy groups -OCH3 is 1. The van der Waals surface area contributed by atoms with Crippen molar-refractivity contribution in [3.63, 3.8) is 0 Å².